The van der Waals surface area contributed by atoms with Gasteiger partial charge in [-0.1, -0.05) is 24.6 Å². The van der Waals surface area contributed by atoms with Gasteiger partial charge in [0.15, 0.2) is 5.69 Å². The topological polar surface area (TPSA) is 87.7 Å². The first-order valence-electron chi connectivity index (χ1n) is 14.7. The van der Waals surface area contributed by atoms with E-state index in [1.54, 1.807) is 4.90 Å². The van der Waals surface area contributed by atoms with E-state index in [2.05, 4.69) is 22.8 Å². The van der Waals surface area contributed by atoms with Crippen LogP contribution in [-0.2, 0) is 17.8 Å². The second-order valence-corrected chi connectivity index (χ2v) is 13.2. The molecule has 3 unspecified atom stereocenters. The van der Waals surface area contributed by atoms with E-state index >= 15 is 0 Å². The molecule has 3 heterocycles. The van der Waals surface area contributed by atoms with Gasteiger partial charge >= 0.3 is 0 Å². The van der Waals surface area contributed by atoms with Gasteiger partial charge in [0.05, 0.1) is 5.54 Å². The molecule has 40 heavy (non-hydrogen) atoms. The van der Waals surface area contributed by atoms with Crippen molar-refractivity contribution in [2.75, 3.05) is 44.2 Å². The summed E-state index contributed by atoms with van der Waals surface area (Å²) in [6.45, 7) is 7.31. The smallest absolute Gasteiger partial charge is 0.274 e. The molecule has 2 saturated carbocycles. The zero-order chi connectivity index (χ0) is 28.0. The van der Waals surface area contributed by atoms with Crippen molar-refractivity contribution in [1.29, 1.82) is 0 Å². The molecule has 2 N–H and O–H groups in total. The Morgan fingerprint density at radius 2 is 1.90 bits per heavy atom. The van der Waals surface area contributed by atoms with Crippen LogP contribution in [0.15, 0.2) is 18.2 Å². The molecule has 2 amide bonds. The van der Waals surface area contributed by atoms with Crippen LogP contribution in [0.1, 0.15) is 65.8 Å². The van der Waals surface area contributed by atoms with Gasteiger partial charge in [0.1, 0.15) is 12.2 Å². The average Bonchev–Trinajstić information content (AvgIpc) is 3.73. The number of halogens is 2. The van der Waals surface area contributed by atoms with Crippen LogP contribution >= 0.6 is 11.6 Å². The highest BCUT2D eigenvalue weighted by Gasteiger charge is 2.57. The summed E-state index contributed by atoms with van der Waals surface area (Å²) in [6.07, 6.45) is 3.35. The fourth-order valence-corrected chi connectivity index (χ4v) is 7.85. The van der Waals surface area contributed by atoms with Gasteiger partial charge in [-0.2, -0.15) is 5.10 Å². The van der Waals surface area contributed by atoms with E-state index in [-0.39, 0.29) is 43.3 Å². The third kappa shape index (κ3) is 4.06. The number of carbonyl (C=O) groups is 2. The van der Waals surface area contributed by atoms with Gasteiger partial charge in [-0.3, -0.25) is 14.3 Å². The van der Waals surface area contributed by atoms with Gasteiger partial charge in [0.2, 0.25) is 5.91 Å². The van der Waals surface area contributed by atoms with Crippen LogP contribution in [0, 0.1) is 18.8 Å². The maximum absolute atomic E-state index is 14.7. The lowest BCUT2D eigenvalue weighted by Crippen LogP contribution is -2.58. The predicted octanol–water partition coefficient (Wildman–Crippen LogP) is 3.53. The molecule has 3 atom stereocenters. The Kier molecular flexibility index (Phi) is 6.03. The van der Waals surface area contributed by atoms with E-state index in [0.717, 1.165) is 59.9 Å². The number of nitrogens with zero attached hydrogens (tertiary/aromatic N) is 5. The molecule has 214 valence electrons. The second kappa shape index (κ2) is 9.18. The number of aromatic nitrogens is 2. The zero-order valence-corrected chi connectivity index (χ0v) is 24.1. The van der Waals surface area contributed by atoms with Crippen molar-refractivity contribution in [2.45, 2.75) is 69.6 Å². The number of piperidine rings is 1. The van der Waals surface area contributed by atoms with E-state index in [1.807, 2.05) is 23.7 Å². The van der Waals surface area contributed by atoms with Crippen molar-refractivity contribution in [2.24, 2.45) is 17.6 Å². The molecular formula is C30H38ClFN6O2. The van der Waals surface area contributed by atoms with Gasteiger partial charge in [0.25, 0.3) is 5.91 Å². The Morgan fingerprint density at radius 1 is 1.15 bits per heavy atom. The Balaban J connectivity index is 1.10. The molecule has 2 saturated heterocycles. The standard InChI is InChI=1S/C30H38ClFN6O2/c1-18-20-14-23-26(25(18)20)27(28(40)35-10-8-29(32,16-33)9-11-35)34-38(23)15-24(39)37-13-12-36(17-30(37)6-7-30)22-5-3-4-21(31)19(22)2/h3-5,18,20,25H,6-17,33H2,1-2H3. The molecule has 0 bridgehead atoms. The lowest BCUT2D eigenvalue weighted by Gasteiger charge is -2.43. The molecule has 8 nitrogen and oxygen atoms in total. The number of rotatable bonds is 5. The number of carbonyl (C=O) groups excluding carboxylic acids is 2. The van der Waals surface area contributed by atoms with Crippen LogP contribution in [0.3, 0.4) is 0 Å². The largest absolute Gasteiger partial charge is 0.367 e. The predicted molar refractivity (Wildman–Crippen MR) is 151 cm³/mol. The molecule has 10 heteroatoms. The first kappa shape index (κ1) is 26.3. The van der Waals surface area contributed by atoms with E-state index in [9.17, 15) is 14.0 Å². The third-order valence-corrected chi connectivity index (χ3v) is 11.0. The van der Waals surface area contributed by atoms with Crippen molar-refractivity contribution in [3.8, 4) is 0 Å². The van der Waals surface area contributed by atoms with Crippen molar-refractivity contribution < 1.29 is 14.0 Å². The number of amides is 2. The lowest BCUT2D eigenvalue weighted by atomic mass is 9.93. The fourth-order valence-electron chi connectivity index (χ4n) is 7.68. The Morgan fingerprint density at radius 3 is 2.60 bits per heavy atom. The number of anilines is 1. The van der Waals surface area contributed by atoms with Gasteiger partial charge < -0.3 is 20.4 Å². The Hall–Kier alpha value is -2.65. The Labute approximate surface area is 239 Å². The van der Waals surface area contributed by atoms with Crippen molar-refractivity contribution in [1.82, 2.24) is 19.6 Å². The molecule has 2 aromatic rings. The van der Waals surface area contributed by atoms with Gasteiger partial charge in [-0.05, 0) is 61.6 Å². The van der Waals surface area contributed by atoms with Gasteiger partial charge in [-0.15, -0.1) is 0 Å². The van der Waals surface area contributed by atoms with Crippen LogP contribution < -0.4 is 10.6 Å². The number of nitrogens with two attached hydrogens (primary N) is 1. The lowest BCUT2D eigenvalue weighted by molar-refractivity contribution is -0.135. The fraction of sp³-hybridized carbons (Fsp3) is 0.633. The highest BCUT2D eigenvalue weighted by molar-refractivity contribution is 6.31. The average molecular weight is 569 g/mol. The third-order valence-electron chi connectivity index (χ3n) is 10.6. The Bertz CT molecular complexity index is 1380. The van der Waals surface area contributed by atoms with Crippen LogP contribution in [-0.4, -0.2) is 81.9 Å². The number of piperazine rings is 1. The first-order valence-corrected chi connectivity index (χ1v) is 15.1. The minimum Gasteiger partial charge on any atom is -0.367 e. The SMILES string of the molecule is Cc1c(Cl)cccc1N1CCN(C(=O)Cn2nc(C(=O)N3CCC(F)(CN)CC3)c3c2CC2C(C)C32)C2(CC2)C1. The molecule has 7 rings (SSSR count). The van der Waals surface area contributed by atoms with E-state index in [4.69, 9.17) is 22.4 Å². The second-order valence-electron chi connectivity index (χ2n) is 12.8. The van der Waals surface area contributed by atoms with Crippen LogP contribution in [0.2, 0.25) is 5.02 Å². The number of hydrogen-bond acceptors (Lipinski definition) is 5. The molecule has 3 aliphatic carbocycles. The molecule has 4 fully saturated rings. The van der Waals surface area contributed by atoms with E-state index in [0.29, 0.717) is 43.1 Å². The summed E-state index contributed by atoms with van der Waals surface area (Å²) >= 11 is 6.40. The maximum atomic E-state index is 14.7. The summed E-state index contributed by atoms with van der Waals surface area (Å²) in [4.78, 5) is 33.6. The number of fused-ring (bicyclic) bond motifs is 3. The zero-order valence-electron chi connectivity index (χ0n) is 23.3. The van der Waals surface area contributed by atoms with E-state index in [1.165, 1.54) is 0 Å². The van der Waals surface area contributed by atoms with Crippen molar-refractivity contribution in [3.05, 3.63) is 45.7 Å². The minimum atomic E-state index is -1.39. The summed E-state index contributed by atoms with van der Waals surface area (Å²) in [6, 6.07) is 6.01. The van der Waals surface area contributed by atoms with Crippen molar-refractivity contribution in [3.63, 3.8) is 0 Å². The van der Waals surface area contributed by atoms with Gasteiger partial charge in [0, 0.05) is 74.1 Å². The van der Waals surface area contributed by atoms with E-state index < -0.39 is 5.67 Å². The normalized spacial score (nSPS) is 27.5. The first-order chi connectivity index (χ1) is 19.1. The quantitative estimate of drug-likeness (QED) is 0.596. The maximum Gasteiger partial charge on any atom is 0.274 e. The van der Waals surface area contributed by atoms with Crippen molar-refractivity contribution >= 4 is 29.1 Å². The molecule has 2 aliphatic heterocycles. The molecule has 0 radical (unpaired) electrons. The highest BCUT2D eigenvalue weighted by atomic mass is 35.5. The van der Waals surface area contributed by atoms with Crippen LogP contribution in [0.5, 0.6) is 0 Å². The molecule has 1 spiro atoms. The van der Waals surface area contributed by atoms with Crippen LogP contribution in [0.25, 0.3) is 0 Å². The number of benzene rings is 1. The van der Waals surface area contributed by atoms with Crippen LogP contribution in [0.4, 0.5) is 10.1 Å². The summed E-state index contributed by atoms with van der Waals surface area (Å²) < 4.78 is 16.5. The summed E-state index contributed by atoms with van der Waals surface area (Å²) in [7, 11) is 0. The molecule has 1 aromatic heterocycles. The van der Waals surface area contributed by atoms with Gasteiger partial charge in [-0.25, -0.2) is 4.39 Å². The number of hydrogen-bond donors (Lipinski definition) is 1. The molecular weight excluding hydrogens is 531 g/mol. The summed E-state index contributed by atoms with van der Waals surface area (Å²) in [5.74, 6) is 1.33. The summed E-state index contributed by atoms with van der Waals surface area (Å²) in [5.41, 5.74) is 8.86. The molecule has 1 aromatic carbocycles. The summed E-state index contributed by atoms with van der Waals surface area (Å²) in [5, 5.41) is 5.56. The number of alkyl halides is 1. The highest BCUT2D eigenvalue weighted by Crippen LogP contribution is 2.62. The number of likely N-dealkylation sites (tertiary alicyclic amines) is 1. The minimum absolute atomic E-state index is 0.0170. The monoisotopic (exact) mass is 568 g/mol. The molecule has 5 aliphatic rings.